The predicted molar refractivity (Wildman–Crippen MR) is 89.8 cm³/mol. The first-order chi connectivity index (χ1) is 12.0. The minimum absolute atomic E-state index is 0.0731. The van der Waals surface area contributed by atoms with Crippen LogP contribution in [0.1, 0.15) is 55.4 Å². The molecule has 2 aromatic heterocycles. The highest BCUT2D eigenvalue weighted by Gasteiger charge is 2.47. The number of hydrogen-bond donors (Lipinski definition) is 1. The summed E-state index contributed by atoms with van der Waals surface area (Å²) in [6, 6.07) is 0. The van der Waals surface area contributed by atoms with Crippen LogP contribution in [0.15, 0.2) is 12.4 Å². The second-order valence-corrected chi connectivity index (χ2v) is 7.27. The number of hydrogen-bond acceptors (Lipinski definition) is 5. The van der Waals surface area contributed by atoms with Crippen LogP contribution in [-0.4, -0.2) is 55.5 Å². The lowest BCUT2D eigenvalue weighted by Gasteiger charge is -2.32. The monoisotopic (exact) mass is 344 g/mol. The van der Waals surface area contributed by atoms with Gasteiger partial charge in [-0.2, -0.15) is 10.2 Å². The van der Waals surface area contributed by atoms with Crippen LogP contribution in [0.5, 0.6) is 0 Å². The van der Waals surface area contributed by atoms with Gasteiger partial charge in [0.1, 0.15) is 6.10 Å². The van der Waals surface area contributed by atoms with E-state index in [0.29, 0.717) is 31.4 Å². The lowest BCUT2D eigenvalue weighted by Crippen LogP contribution is -2.43. The van der Waals surface area contributed by atoms with Crippen molar-refractivity contribution in [2.24, 2.45) is 13.0 Å². The number of ether oxygens (including phenoxy) is 1. The number of aromatic nitrogens is 5. The van der Waals surface area contributed by atoms with Crippen molar-refractivity contribution in [1.29, 1.82) is 0 Å². The molecule has 134 valence electrons. The molecule has 1 aliphatic carbocycles. The first-order valence-electron chi connectivity index (χ1n) is 8.84. The van der Waals surface area contributed by atoms with Gasteiger partial charge in [0.2, 0.25) is 5.91 Å². The second-order valence-electron chi connectivity index (χ2n) is 7.27. The number of nitrogens with zero attached hydrogens (tertiary/aromatic N) is 5. The zero-order valence-electron chi connectivity index (χ0n) is 14.8. The number of rotatable bonds is 4. The SMILES string of the molecule is CC(C)c1n[nH]c([C@@H]2CN(C(=O)[C@H]3C[C@H]3c3cnn(C)c3)CCO2)n1. The summed E-state index contributed by atoms with van der Waals surface area (Å²) in [7, 11) is 1.90. The number of nitrogens with one attached hydrogen (secondary N) is 1. The van der Waals surface area contributed by atoms with Crippen molar-refractivity contribution in [3.8, 4) is 0 Å². The van der Waals surface area contributed by atoms with Crippen molar-refractivity contribution < 1.29 is 9.53 Å². The Morgan fingerprint density at radius 2 is 2.28 bits per heavy atom. The van der Waals surface area contributed by atoms with E-state index in [9.17, 15) is 4.79 Å². The Kier molecular flexibility index (Phi) is 4.07. The smallest absolute Gasteiger partial charge is 0.226 e. The van der Waals surface area contributed by atoms with Crippen LogP contribution in [0.25, 0.3) is 0 Å². The van der Waals surface area contributed by atoms with Crippen molar-refractivity contribution in [2.45, 2.75) is 38.2 Å². The molecule has 25 heavy (non-hydrogen) atoms. The summed E-state index contributed by atoms with van der Waals surface area (Å²) in [5, 5.41) is 11.4. The van der Waals surface area contributed by atoms with Crippen LogP contribution in [0.4, 0.5) is 0 Å². The van der Waals surface area contributed by atoms with Crippen LogP contribution >= 0.6 is 0 Å². The Morgan fingerprint density at radius 1 is 1.44 bits per heavy atom. The Morgan fingerprint density at radius 3 is 2.96 bits per heavy atom. The first kappa shape index (κ1) is 16.3. The van der Waals surface area contributed by atoms with E-state index in [1.807, 2.05) is 24.3 Å². The number of morpholine rings is 1. The van der Waals surface area contributed by atoms with Crippen LogP contribution < -0.4 is 0 Å². The fourth-order valence-electron chi connectivity index (χ4n) is 3.41. The lowest BCUT2D eigenvalue weighted by atomic mass is 10.1. The molecule has 3 heterocycles. The summed E-state index contributed by atoms with van der Waals surface area (Å²) in [5.41, 5.74) is 1.16. The Hall–Kier alpha value is -2.22. The largest absolute Gasteiger partial charge is 0.367 e. The fourth-order valence-corrected chi connectivity index (χ4v) is 3.41. The van der Waals surface area contributed by atoms with Crippen molar-refractivity contribution in [3.63, 3.8) is 0 Å². The molecule has 2 aliphatic rings. The lowest BCUT2D eigenvalue weighted by molar-refractivity contribution is -0.140. The highest BCUT2D eigenvalue weighted by Crippen LogP contribution is 2.48. The topological polar surface area (TPSA) is 88.9 Å². The molecule has 8 heteroatoms. The minimum atomic E-state index is -0.228. The normalized spacial score (nSPS) is 26.2. The standard InChI is InChI=1S/C17H24N6O2/c1-10(2)15-19-16(21-20-15)14-9-23(4-5-25-14)17(24)13-6-12(13)11-7-18-22(3)8-11/h7-8,10,12-14H,4-6,9H2,1-3H3,(H,19,20,21)/t12-,13-,14-/m0/s1. The molecular formula is C17H24N6O2. The molecule has 1 amide bonds. The van der Waals surface area contributed by atoms with Crippen molar-refractivity contribution >= 4 is 5.91 Å². The number of H-pyrrole nitrogens is 1. The molecule has 0 unspecified atom stereocenters. The van der Waals surface area contributed by atoms with E-state index in [1.54, 1.807) is 4.68 Å². The van der Waals surface area contributed by atoms with E-state index in [-0.39, 0.29) is 23.8 Å². The van der Waals surface area contributed by atoms with E-state index in [4.69, 9.17) is 4.74 Å². The molecule has 1 N–H and O–H groups in total. The van der Waals surface area contributed by atoms with Gasteiger partial charge in [-0.25, -0.2) is 4.98 Å². The van der Waals surface area contributed by atoms with E-state index in [2.05, 4.69) is 34.1 Å². The van der Waals surface area contributed by atoms with Gasteiger partial charge < -0.3 is 9.64 Å². The highest BCUT2D eigenvalue weighted by atomic mass is 16.5. The fraction of sp³-hybridized carbons (Fsp3) is 0.647. The third-order valence-corrected chi connectivity index (χ3v) is 4.98. The molecule has 8 nitrogen and oxygen atoms in total. The van der Waals surface area contributed by atoms with E-state index in [1.165, 1.54) is 0 Å². The summed E-state index contributed by atoms with van der Waals surface area (Å²) in [4.78, 5) is 19.3. The van der Waals surface area contributed by atoms with Gasteiger partial charge in [-0.05, 0) is 17.9 Å². The van der Waals surface area contributed by atoms with Gasteiger partial charge in [0, 0.05) is 31.6 Å². The second kappa shape index (κ2) is 6.25. The number of amides is 1. The number of aromatic amines is 1. The quantitative estimate of drug-likeness (QED) is 0.905. The molecule has 0 spiro atoms. The van der Waals surface area contributed by atoms with Gasteiger partial charge in [0.15, 0.2) is 11.6 Å². The molecular weight excluding hydrogens is 320 g/mol. The molecule has 1 aliphatic heterocycles. The third kappa shape index (κ3) is 3.18. The van der Waals surface area contributed by atoms with E-state index < -0.39 is 0 Å². The Balaban J connectivity index is 1.40. The highest BCUT2D eigenvalue weighted by molar-refractivity contribution is 5.83. The van der Waals surface area contributed by atoms with Crippen LogP contribution in [0, 0.1) is 5.92 Å². The molecule has 2 aromatic rings. The maximum Gasteiger partial charge on any atom is 0.226 e. The molecule has 4 rings (SSSR count). The van der Waals surface area contributed by atoms with Crippen LogP contribution in [0.2, 0.25) is 0 Å². The first-order valence-corrected chi connectivity index (χ1v) is 8.84. The number of aryl methyl sites for hydroxylation is 1. The van der Waals surface area contributed by atoms with E-state index >= 15 is 0 Å². The maximum absolute atomic E-state index is 12.8. The van der Waals surface area contributed by atoms with Crippen LogP contribution in [-0.2, 0) is 16.6 Å². The van der Waals surface area contributed by atoms with Crippen molar-refractivity contribution in [2.75, 3.05) is 19.7 Å². The average molecular weight is 344 g/mol. The summed E-state index contributed by atoms with van der Waals surface area (Å²) in [6.45, 7) is 5.79. The zero-order chi connectivity index (χ0) is 17.6. The third-order valence-electron chi connectivity index (χ3n) is 4.98. The molecule has 0 bridgehead atoms. The molecule has 0 radical (unpaired) electrons. The van der Waals surface area contributed by atoms with Gasteiger partial charge in [0.05, 0.1) is 19.3 Å². The van der Waals surface area contributed by atoms with Gasteiger partial charge >= 0.3 is 0 Å². The summed E-state index contributed by atoms with van der Waals surface area (Å²) >= 11 is 0. The van der Waals surface area contributed by atoms with Gasteiger partial charge in [-0.15, -0.1) is 0 Å². The van der Waals surface area contributed by atoms with Gasteiger partial charge in [-0.3, -0.25) is 14.6 Å². The van der Waals surface area contributed by atoms with Crippen LogP contribution in [0.3, 0.4) is 0 Å². The predicted octanol–water partition coefficient (Wildman–Crippen LogP) is 1.37. The molecule has 2 fully saturated rings. The Bertz CT molecular complexity index is 767. The zero-order valence-corrected chi connectivity index (χ0v) is 14.8. The number of carbonyl (C=O) groups excluding carboxylic acids is 1. The Labute approximate surface area is 146 Å². The molecule has 3 atom stereocenters. The average Bonchev–Trinajstić information content (AvgIpc) is 3.03. The van der Waals surface area contributed by atoms with Gasteiger partial charge in [-0.1, -0.05) is 13.8 Å². The van der Waals surface area contributed by atoms with Crippen molar-refractivity contribution in [1.82, 2.24) is 29.9 Å². The summed E-state index contributed by atoms with van der Waals surface area (Å²) in [6.07, 6.45) is 4.55. The van der Waals surface area contributed by atoms with Gasteiger partial charge in [0.25, 0.3) is 0 Å². The van der Waals surface area contributed by atoms with E-state index in [0.717, 1.165) is 17.8 Å². The molecule has 0 aromatic carbocycles. The minimum Gasteiger partial charge on any atom is -0.367 e. The maximum atomic E-state index is 12.8. The summed E-state index contributed by atoms with van der Waals surface area (Å²) < 4.78 is 7.60. The number of carbonyl (C=O) groups is 1. The van der Waals surface area contributed by atoms with Crippen molar-refractivity contribution in [3.05, 3.63) is 29.6 Å². The molecule has 1 saturated carbocycles. The summed E-state index contributed by atoms with van der Waals surface area (Å²) in [5.74, 6) is 2.34. The molecule has 1 saturated heterocycles.